The smallest absolute Gasteiger partial charge is 0.254 e. The largest absolute Gasteiger partial charge is 0.365 e. The number of rotatable bonds is 8. The molecule has 1 aliphatic carbocycles. The fourth-order valence-corrected chi connectivity index (χ4v) is 3.22. The van der Waals surface area contributed by atoms with Crippen LogP contribution in [0.5, 0.6) is 0 Å². The van der Waals surface area contributed by atoms with Crippen LogP contribution in [0.2, 0.25) is 0 Å². The van der Waals surface area contributed by atoms with E-state index in [0.717, 1.165) is 24.9 Å². The minimum absolute atomic E-state index is 0.0593. The second-order valence-corrected chi connectivity index (χ2v) is 7.15. The van der Waals surface area contributed by atoms with Crippen LogP contribution in [0.4, 0.5) is 17.5 Å². The highest BCUT2D eigenvalue weighted by Gasteiger charge is 2.45. The Kier molecular flexibility index (Phi) is 4.85. The highest BCUT2D eigenvalue weighted by Crippen LogP contribution is 2.38. The predicted molar refractivity (Wildman–Crippen MR) is 109 cm³/mol. The van der Waals surface area contributed by atoms with Crippen molar-refractivity contribution in [2.75, 3.05) is 10.6 Å². The summed E-state index contributed by atoms with van der Waals surface area (Å²) in [5.74, 6) is 0.0942. The number of nitrogens with two attached hydrogens (primary N) is 2. The van der Waals surface area contributed by atoms with Gasteiger partial charge in [0.2, 0.25) is 5.95 Å². The van der Waals surface area contributed by atoms with Crippen LogP contribution >= 0.6 is 0 Å². The van der Waals surface area contributed by atoms with Crippen LogP contribution < -0.4 is 22.1 Å². The molecule has 1 amide bonds. The molecular weight excluding hydrogens is 370 g/mol. The van der Waals surface area contributed by atoms with E-state index in [4.69, 9.17) is 11.5 Å². The first-order valence-electron chi connectivity index (χ1n) is 9.44. The average Bonchev–Trinajstić information content (AvgIpc) is 3.23. The van der Waals surface area contributed by atoms with Crippen molar-refractivity contribution < 1.29 is 4.79 Å². The molecule has 1 atom stereocenters. The molecule has 0 radical (unpaired) electrons. The first-order chi connectivity index (χ1) is 14.0. The van der Waals surface area contributed by atoms with Crippen molar-refractivity contribution in [2.24, 2.45) is 11.5 Å². The van der Waals surface area contributed by atoms with Crippen molar-refractivity contribution in [3.8, 4) is 5.69 Å². The molecule has 0 bridgehead atoms. The topological polar surface area (TPSA) is 150 Å². The van der Waals surface area contributed by atoms with Crippen LogP contribution in [0.3, 0.4) is 0 Å². The van der Waals surface area contributed by atoms with E-state index in [1.807, 2.05) is 24.3 Å². The summed E-state index contributed by atoms with van der Waals surface area (Å²) < 4.78 is 0. The van der Waals surface area contributed by atoms with Gasteiger partial charge in [-0.1, -0.05) is 13.0 Å². The molecule has 3 aromatic rings. The Morgan fingerprint density at radius 1 is 1.31 bits per heavy atom. The summed E-state index contributed by atoms with van der Waals surface area (Å²) in [5.41, 5.74) is 13.3. The lowest BCUT2D eigenvalue weighted by Crippen LogP contribution is -2.42. The number of amides is 1. The number of nitrogens with zero attached hydrogens (tertiary/aromatic N) is 5. The van der Waals surface area contributed by atoms with Crippen LogP contribution in [0.15, 0.2) is 42.9 Å². The molecule has 0 unspecified atom stereocenters. The molecule has 10 nitrogen and oxygen atoms in total. The summed E-state index contributed by atoms with van der Waals surface area (Å²) in [4.78, 5) is 22.1. The minimum atomic E-state index is -0.617. The van der Waals surface area contributed by atoms with Crippen molar-refractivity contribution in [1.82, 2.24) is 25.0 Å². The zero-order valence-electron chi connectivity index (χ0n) is 16.0. The quantitative estimate of drug-likeness (QED) is 0.450. The zero-order chi connectivity index (χ0) is 20.4. The summed E-state index contributed by atoms with van der Waals surface area (Å²) in [6.45, 7) is 2.07. The number of hydrogen-bond donors (Lipinski definition) is 4. The molecule has 1 aromatic carbocycles. The van der Waals surface area contributed by atoms with Crippen molar-refractivity contribution in [2.45, 2.75) is 37.8 Å². The minimum Gasteiger partial charge on any atom is -0.365 e. The van der Waals surface area contributed by atoms with Crippen molar-refractivity contribution in [3.05, 3.63) is 48.4 Å². The predicted octanol–water partition coefficient (Wildman–Crippen LogP) is 1.58. The second kappa shape index (κ2) is 7.47. The summed E-state index contributed by atoms with van der Waals surface area (Å²) in [6, 6.07) is 7.47. The maximum atomic E-state index is 11.9. The first-order valence-corrected chi connectivity index (χ1v) is 9.44. The van der Waals surface area contributed by atoms with Crippen LogP contribution in [-0.2, 0) is 0 Å². The Bertz CT molecular complexity index is 1010. The number of nitrogens with one attached hydrogen (secondary N) is 2. The Balaban J connectivity index is 1.61. The van der Waals surface area contributed by atoms with Gasteiger partial charge in [0.05, 0.1) is 18.1 Å². The van der Waals surface area contributed by atoms with E-state index >= 15 is 0 Å². The van der Waals surface area contributed by atoms with Crippen LogP contribution in [0.1, 0.15) is 36.5 Å². The Hall–Kier alpha value is -3.53. The van der Waals surface area contributed by atoms with Gasteiger partial charge in [0, 0.05) is 23.5 Å². The van der Waals surface area contributed by atoms with Crippen LogP contribution in [0, 0.1) is 0 Å². The van der Waals surface area contributed by atoms with Gasteiger partial charge in [-0.2, -0.15) is 20.0 Å². The van der Waals surface area contributed by atoms with Gasteiger partial charge >= 0.3 is 0 Å². The number of anilines is 3. The molecule has 1 saturated carbocycles. The Morgan fingerprint density at radius 2 is 2.07 bits per heavy atom. The maximum Gasteiger partial charge on any atom is 0.254 e. The number of hydrogen-bond acceptors (Lipinski definition) is 8. The highest BCUT2D eigenvalue weighted by molar-refractivity contribution is 5.98. The number of carbonyl (C=O) groups excluding carboxylic acids is 1. The van der Waals surface area contributed by atoms with E-state index in [9.17, 15) is 4.79 Å². The lowest BCUT2D eigenvalue weighted by Gasteiger charge is -2.23. The summed E-state index contributed by atoms with van der Waals surface area (Å²) in [5, 5.41) is 14.7. The zero-order valence-corrected chi connectivity index (χ0v) is 16.0. The molecule has 150 valence electrons. The summed E-state index contributed by atoms with van der Waals surface area (Å²) >= 11 is 0. The molecule has 1 aliphatic rings. The van der Waals surface area contributed by atoms with Crippen molar-refractivity contribution in [3.63, 3.8) is 0 Å². The molecule has 29 heavy (non-hydrogen) atoms. The van der Waals surface area contributed by atoms with Gasteiger partial charge in [-0.15, -0.1) is 0 Å². The number of carbonyl (C=O) groups is 1. The molecule has 2 heterocycles. The SMILES string of the molecule is CC[C@@H](Nc1ncc(C(N)=O)c(Nc2cccc(-n3nccn3)c2)n1)C1(N)CC1. The van der Waals surface area contributed by atoms with Gasteiger partial charge in [-0.05, 0) is 37.5 Å². The third-order valence-corrected chi connectivity index (χ3v) is 5.05. The number of aromatic nitrogens is 5. The molecule has 1 fully saturated rings. The fraction of sp³-hybridized carbons (Fsp3) is 0.316. The molecule has 0 saturated heterocycles. The summed E-state index contributed by atoms with van der Waals surface area (Å²) in [7, 11) is 0. The molecule has 4 rings (SSSR count). The standard InChI is InChI=1S/C19H23N9O/c1-2-15(19(21)6-7-19)26-18-22-11-14(16(20)29)17(27-18)25-12-4-3-5-13(10-12)28-23-8-9-24-28/h3-5,8-11,15H,2,6-7,21H2,1H3,(H2,20,29)(H2,22,25,26,27)/t15-/m1/s1. The third-order valence-electron chi connectivity index (χ3n) is 5.05. The highest BCUT2D eigenvalue weighted by atomic mass is 16.1. The third kappa shape index (κ3) is 4.02. The lowest BCUT2D eigenvalue weighted by molar-refractivity contribution is 0.100. The summed E-state index contributed by atoms with van der Waals surface area (Å²) in [6.07, 6.45) is 7.40. The monoisotopic (exact) mass is 393 g/mol. The normalized spacial score (nSPS) is 15.5. The van der Waals surface area contributed by atoms with E-state index in [-0.39, 0.29) is 17.1 Å². The van der Waals surface area contributed by atoms with Crippen molar-refractivity contribution in [1.29, 1.82) is 0 Å². The molecule has 0 spiro atoms. The van der Waals surface area contributed by atoms with Gasteiger partial charge in [-0.3, -0.25) is 4.79 Å². The average molecular weight is 393 g/mol. The molecule has 2 aromatic heterocycles. The lowest BCUT2D eigenvalue weighted by atomic mass is 10.1. The van der Waals surface area contributed by atoms with Gasteiger partial charge in [-0.25, -0.2) is 4.98 Å². The van der Waals surface area contributed by atoms with E-state index in [1.54, 1.807) is 12.4 Å². The van der Waals surface area contributed by atoms with E-state index in [0.29, 0.717) is 17.5 Å². The second-order valence-electron chi connectivity index (χ2n) is 7.15. The first kappa shape index (κ1) is 18.8. The Morgan fingerprint density at radius 3 is 2.72 bits per heavy atom. The number of benzene rings is 1. The van der Waals surface area contributed by atoms with Crippen molar-refractivity contribution >= 4 is 23.4 Å². The van der Waals surface area contributed by atoms with Gasteiger partial charge in [0.1, 0.15) is 11.4 Å². The van der Waals surface area contributed by atoms with E-state index < -0.39 is 5.91 Å². The van der Waals surface area contributed by atoms with Crippen LogP contribution in [-0.4, -0.2) is 42.4 Å². The molecule has 6 N–H and O–H groups in total. The molecular formula is C19H23N9O. The maximum absolute atomic E-state index is 11.9. The Labute approximate surface area is 167 Å². The van der Waals surface area contributed by atoms with E-state index in [1.165, 1.54) is 11.0 Å². The van der Waals surface area contributed by atoms with Gasteiger partial charge < -0.3 is 22.1 Å². The van der Waals surface area contributed by atoms with Gasteiger partial charge in [0.15, 0.2) is 0 Å². The van der Waals surface area contributed by atoms with E-state index in [2.05, 4.69) is 37.7 Å². The van der Waals surface area contributed by atoms with Gasteiger partial charge in [0.25, 0.3) is 5.91 Å². The molecule has 0 aliphatic heterocycles. The number of primary amides is 1. The fourth-order valence-electron chi connectivity index (χ4n) is 3.22. The van der Waals surface area contributed by atoms with Crippen LogP contribution in [0.25, 0.3) is 5.69 Å². The molecule has 10 heteroatoms.